The van der Waals surface area contributed by atoms with Crippen LogP contribution in [-0.2, 0) is 46.5 Å². The first-order valence-corrected chi connectivity index (χ1v) is 34.5. The molecule has 0 fully saturated rings. The Morgan fingerprint density at radius 3 is 1.83 bits per heavy atom. The fourth-order valence-electron chi connectivity index (χ4n) is 12.8. The minimum absolute atomic E-state index is 0.102. The highest BCUT2D eigenvalue weighted by atomic mass is 35.5. The number of hydrogen-bond acceptors (Lipinski definition) is 20. The average molecular weight is 1450 g/mol. The third-order valence-electron chi connectivity index (χ3n) is 18.3. The fraction of sp³-hybridized carbons (Fsp3) is 0.338. The molecule has 17 N–H and O–H groups in total. The molecule has 0 saturated heterocycles. The van der Waals surface area contributed by atoms with Crippen molar-refractivity contribution in [2.75, 3.05) is 33.7 Å². The second-order valence-electron chi connectivity index (χ2n) is 26.1. The summed E-state index contributed by atoms with van der Waals surface area (Å²) in [5.41, 5.74) is 5.09. The molecular formula is C74H80Cl2N10O17. The van der Waals surface area contributed by atoms with E-state index in [4.69, 9.17) is 43.1 Å². The third-order valence-corrected chi connectivity index (χ3v) is 18.9. The first kappa shape index (κ1) is 73.7. The molecule has 6 heterocycles. The van der Waals surface area contributed by atoms with E-state index in [1.165, 1.54) is 72.8 Å². The Labute approximate surface area is 602 Å². The third kappa shape index (κ3) is 16.8. The summed E-state index contributed by atoms with van der Waals surface area (Å²) in [6.45, 7) is 3.15. The standard InChI is InChI=1S/C74H80Cl2N10O17/c1-4-5-6-7-8-9-10-11-22-79-70(96)63-45-34-52(90)46(35-78-21-12-23-86(2)3)66(92)58(45)44-28-38(15-17-50(44)88)60-71(97)85-64(74(100)84-63)65(91)39-16-20-54(48(76)29-39)103-57-32-41-31-56(67(57)93)102-53-19-13-36(24-47(53)75)25-49-68(94)81-61(72(98)83-62(41)73(99)82-60)40-26-42(87)33-43(27-40)101-55-30-37(14-18-51(55)89)59(77)69(95)80-49/h13-20,24,26-34,49,59-65,78,87-93H,4-12,21-23,25,35,77H2,1-3H3,(H,79,96)(H,80,95)(H,81,94)(H,82,99)(H,83,98)(H,84,100)(H,85,97)/t49-,59-,60-,61+,62-,63+,64+,65-/m1/s1. The van der Waals surface area contributed by atoms with E-state index in [-0.39, 0.29) is 103 Å². The van der Waals surface area contributed by atoms with Crippen LogP contribution in [0.15, 0.2) is 109 Å². The monoisotopic (exact) mass is 1450 g/mol. The van der Waals surface area contributed by atoms with E-state index in [9.17, 15) is 45.3 Å². The molecule has 542 valence electrons. The van der Waals surface area contributed by atoms with Gasteiger partial charge in [0.25, 0.3) is 0 Å². The molecule has 7 aromatic rings. The van der Waals surface area contributed by atoms with Gasteiger partial charge in [0.1, 0.15) is 88.6 Å². The van der Waals surface area contributed by atoms with Crippen molar-refractivity contribution in [3.63, 3.8) is 0 Å². The Bertz CT molecular complexity index is 4440. The van der Waals surface area contributed by atoms with Crippen molar-refractivity contribution in [2.45, 2.75) is 126 Å². The van der Waals surface area contributed by atoms with Gasteiger partial charge < -0.3 is 103 Å². The Hall–Kier alpha value is -10.6. The number of fused-ring (bicyclic) bond motifs is 14. The van der Waals surface area contributed by atoms with Gasteiger partial charge >= 0.3 is 0 Å². The van der Waals surface area contributed by atoms with Crippen LogP contribution in [0.5, 0.6) is 69.0 Å². The van der Waals surface area contributed by atoms with Crippen molar-refractivity contribution < 1.29 is 83.5 Å². The van der Waals surface area contributed by atoms with Gasteiger partial charge in [0.15, 0.2) is 23.0 Å². The predicted octanol–water partition coefficient (Wildman–Crippen LogP) is 8.20. The van der Waals surface area contributed by atoms with Crippen LogP contribution in [0.3, 0.4) is 0 Å². The summed E-state index contributed by atoms with van der Waals surface area (Å²) >= 11 is 14.0. The topological polar surface area (TPSA) is 414 Å². The number of hydrogen-bond donors (Lipinski definition) is 16. The molecule has 6 aliphatic rings. The number of rotatable bonds is 16. The zero-order valence-corrected chi connectivity index (χ0v) is 57.9. The largest absolute Gasteiger partial charge is 0.508 e. The molecule has 13 rings (SSSR count). The molecule has 29 heteroatoms. The van der Waals surface area contributed by atoms with Crippen LogP contribution in [0.25, 0.3) is 11.1 Å². The SMILES string of the molecule is CCCCCCCCCCNC(=O)[C@H]1NC(=O)[C@H]2NC(=O)[C@H](NC(=O)[C@@H]3NC(=O)[C@H]4NC(=O)[C@@H](Cc5ccc(c(Cl)c5)Oc5cc3cc(c5O)Oc3ccc(cc3Cl)[C@H]2O)NC(=O)[C@H](N)c2ccc(O)c(c2)Oc2cc(O)cc4c2)c2ccc(O)c(c2)-c2c1cc(O)c(CNCCCN(C)C)c2O. The number of unbranched alkanes of at least 4 members (excludes halogenated alkanes) is 7. The zero-order valence-electron chi connectivity index (χ0n) is 56.4. The molecule has 27 nitrogen and oxygen atoms in total. The molecule has 0 aromatic heterocycles. The van der Waals surface area contributed by atoms with E-state index < -0.39 is 136 Å². The Balaban J connectivity index is 1.10. The van der Waals surface area contributed by atoms with Gasteiger partial charge in [0.05, 0.1) is 15.6 Å². The van der Waals surface area contributed by atoms with E-state index in [0.717, 1.165) is 81.3 Å². The summed E-state index contributed by atoms with van der Waals surface area (Å²) in [6, 6.07) is 8.85. The number of phenolic OH excluding ortho intramolecular Hbond substituents is 6. The molecule has 0 spiro atoms. The number of benzene rings is 7. The number of nitrogens with two attached hydrogens (primary N) is 1. The first-order chi connectivity index (χ1) is 49.3. The van der Waals surface area contributed by atoms with E-state index in [1.807, 2.05) is 19.0 Å². The lowest BCUT2D eigenvalue weighted by Gasteiger charge is -2.32. The van der Waals surface area contributed by atoms with E-state index in [2.05, 4.69) is 49.5 Å². The van der Waals surface area contributed by atoms with Crippen LogP contribution >= 0.6 is 23.2 Å². The molecule has 0 unspecified atom stereocenters. The van der Waals surface area contributed by atoms with E-state index in [1.54, 1.807) is 0 Å². The number of ether oxygens (including phenoxy) is 3. The summed E-state index contributed by atoms with van der Waals surface area (Å²) in [5.74, 6) is -13.1. The van der Waals surface area contributed by atoms with Crippen molar-refractivity contribution in [1.29, 1.82) is 0 Å². The van der Waals surface area contributed by atoms with Crippen molar-refractivity contribution in [3.8, 4) is 80.1 Å². The number of aliphatic hydroxyl groups is 1. The maximum atomic E-state index is 16.1. The van der Waals surface area contributed by atoms with Gasteiger partial charge in [-0.3, -0.25) is 33.6 Å². The normalized spacial score (nSPS) is 20.3. The minimum atomic E-state index is -2.17. The number of carbonyl (C=O) groups is 7. The predicted molar refractivity (Wildman–Crippen MR) is 378 cm³/mol. The molecule has 7 aromatic carbocycles. The highest BCUT2D eigenvalue weighted by Gasteiger charge is 2.42. The molecule has 0 saturated carbocycles. The fourth-order valence-corrected chi connectivity index (χ4v) is 13.3. The summed E-state index contributed by atoms with van der Waals surface area (Å²) < 4.78 is 18.7. The number of amides is 7. The van der Waals surface area contributed by atoms with Gasteiger partial charge in [0.2, 0.25) is 47.1 Å². The highest BCUT2D eigenvalue weighted by molar-refractivity contribution is 6.32. The van der Waals surface area contributed by atoms with Gasteiger partial charge in [-0.25, -0.2) is 0 Å². The van der Waals surface area contributed by atoms with E-state index in [0.29, 0.717) is 31.5 Å². The molecular weight excluding hydrogens is 1370 g/mol. The van der Waals surface area contributed by atoms with Crippen molar-refractivity contribution in [1.82, 2.24) is 47.4 Å². The van der Waals surface area contributed by atoms with E-state index >= 15 is 24.0 Å². The molecule has 8 atom stereocenters. The number of nitrogens with zero attached hydrogens (tertiary/aromatic N) is 1. The van der Waals surface area contributed by atoms with Crippen LogP contribution in [0.4, 0.5) is 0 Å². The molecule has 7 amide bonds. The molecule has 0 aliphatic carbocycles. The maximum absolute atomic E-state index is 16.1. The molecule has 6 aliphatic heterocycles. The van der Waals surface area contributed by atoms with Crippen molar-refractivity contribution in [2.24, 2.45) is 5.73 Å². The lowest BCUT2D eigenvalue weighted by atomic mass is 9.87. The summed E-state index contributed by atoms with van der Waals surface area (Å²) in [4.78, 5) is 109. The maximum Gasteiger partial charge on any atom is 0.248 e. The smallest absolute Gasteiger partial charge is 0.248 e. The number of phenols is 6. The summed E-state index contributed by atoms with van der Waals surface area (Å²) in [7, 11) is 3.79. The van der Waals surface area contributed by atoms with Crippen LogP contribution < -0.4 is 62.5 Å². The second-order valence-corrected chi connectivity index (χ2v) is 26.9. The Morgan fingerprint density at radius 2 is 1.15 bits per heavy atom. The molecule has 17 bridgehead atoms. The van der Waals surface area contributed by atoms with Crippen molar-refractivity contribution >= 4 is 64.6 Å². The zero-order chi connectivity index (χ0) is 73.5. The van der Waals surface area contributed by atoms with Crippen LogP contribution in [-0.4, -0.2) is 128 Å². The number of nitrogens with one attached hydrogen (secondary N) is 8. The highest BCUT2D eigenvalue weighted by Crippen LogP contribution is 2.49. The van der Waals surface area contributed by atoms with Gasteiger partial charge in [-0.05, 0) is 158 Å². The number of aromatic hydroxyl groups is 6. The van der Waals surface area contributed by atoms with Crippen LogP contribution in [0.2, 0.25) is 10.0 Å². The first-order valence-electron chi connectivity index (χ1n) is 33.8. The quantitative estimate of drug-likeness (QED) is 0.0405. The lowest BCUT2D eigenvalue weighted by Crippen LogP contribution is -2.56. The van der Waals surface area contributed by atoms with Crippen molar-refractivity contribution in [3.05, 3.63) is 164 Å². The van der Waals surface area contributed by atoms with Gasteiger partial charge in [-0.2, -0.15) is 0 Å². The number of aliphatic hydroxyl groups excluding tert-OH is 1. The number of halogens is 2. The van der Waals surface area contributed by atoms with Crippen LogP contribution in [0.1, 0.15) is 146 Å². The van der Waals surface area contributed by atoms with Gasteiger partial charge in [-0.15, -0.1) is 0 Å². The molecule has 0 radical (unpaired) electrons. The van der Waals surface area contributed by atoms with Gasteiger partial charge in [0, 0.05) is 36.7 Å². The van der Waals surface area contributed by atoms with Crippen LogP contribution in [0, 0.1) is 0 Å². The number of carbonyl (C=O) groups excluding carboxylic acids is 7. The Morgan fingerprint density at radius 1 is 0.544 bits per heavy atom. The second kappa shape index (κ2) is 32.2. The summed E-state index contributed by atoms with van der Waals surface area (Å²) in [6.07, 6.45) is 5.71. The lowest BCUT2D eigenvalue weighted by molar-refractivity contribution is -0.137. The van der Waals surface area contributed by atoms with Gasteiger partial charge in [-0.1, -0.05) is 99.3 Å². The minimum Gasteiger partial charge on any atom is -0.508 e. The summed E-state index contributed by atoms with van der Waals surface area (Å²) in [5, 5.41) is 106. The molecule has 103 heavy (non-hydrogen) atoms. The average Bonchev–Trinajstić information content (AvgIpc) is 0.755. The Kier molecular flexibility index (Phi) is 23.0.